The maximum Gasteiger partial charge on any atom is 0.330 e. The van der Waals surface area contributed by atoms with Crippen LogP contribution in [0.5, 0.6) is 5.75 Å². The number of nitrogens with one attached hydrogen (secondary N) is 1. The maximum atomic E-state index is 13.6. The molecule has 1 unspecified atom stereocenters. The van der Waals surface area contributed by atoms with Crippen LogP contribution in [0.15, 0.2) is 63.5 Å². The summed E-state index contributed by atoms with van der Waals surface area (Å²) < 4.78 is 6.88. The van der Waals surface area contributed by atoms with Gasteiger partial charge in [0, 0.05) is 37.1 Å². The molecule has 5 rings (SSSR count). The van der Waals surface area contributed by atoms with Crippen LogP contribution in [-0.4, -0.2) is 47.7 Å². The molecule has 2 aromatic carbocycles. The fraction of sp³-hybridized carbons (Fsp3) is 0.308. The van der Waals surface area contributed by atoms with Crippen molar-refractivity contribution in [3.05, 3.63) is 80.3 Å². The Kier molecular flexibility index (Phi) is 6.02. The number of methoxy groups -OCH3 is 1. The van der Waals surface area contributed by atoms with Gasteiger partial charge in [0.15, 0.2) is 0 Å². The Labute approximate surface area is 201 Å². The molecule has 1 saturated heterocycles. The second kappa shape index (κ2) is 9.12. The van der Waals surface area contributed by atoms with Crippen LogP contribution in [0.25, 0.3) is 21.3 Å². The van der Waals surface area contributed by atoms with Gasteiger partial charge < -0.3 is 9.64 Å². The van der Waals surface area contributed by atoms with E-state index in [1.807, 2.05) is 55.6 Å². The summed E-state index contributed by atoms with van der Waals surface area (Å²) in [6.45, 7) is 7.00. The van der Waals surface area contributed by atoms with E-state index in [9.17, 15) is 9.59 Å². The molecule has 1 aliphatic rings. The summed E-state index contributed by atoms with van der Waals surface area (Å²) in [5.74, 6) is 0.850. The number of aromatic nitrogens is 2. The minimum atomic E-state index is -0.366. The van der Waals surface area contributed by atoms with E-state index in [1.165, 1.54) is 15.9 Å². The highest BCUT2D eigenvalue weighted by molar-refractivity contribution is 7.17. The van der Waals surface area contributed by atoms with E-state index in [-0.39, 0.29) is 17.4 Å². The van der Waals surface area contributed by atoms with E-state index in [2.05, 4.69) is 26.9 Å². The molecule has 1 N–H and O–H groups in total. The van der Waals surface area contributed by atoms with Crippen LogP contribution in [0.1, 0.15) is 18.7 Å². The number of thiophene rings is 1. The smallest absolute Gasteiger partial charge is 0.330 e. The van der Waals surface area contributed by atoms with E-state index in [1.54, 1.807) is 7.11 Å². The van der Waals surface area contributed by atoms with Crippen LogP contribution in [-0.2, 0) is 0 Å². The molecule has 2 aromatic heterocycles. The van der Waals surface area contributed by atoms with Crippen molar-refractivity contribution < 1.29 is 4.74 Å². The summed E-state index contributed by atoms with van der Waals surface area (Å²) in [5, 5.41) is 2.53. The van der Waals surface area contributed by atoms with Gasteiger partial charge in [-0.1, -0.05) is 42.0 Å². The highest BCUT2D eigenvalue weighted by atomic mass is 32.1. The van der Waals surface area contributed by atoms with Crippen LogP contribution >= 0.6 is 11.3 Å². The molecule has 1 atom stereocenters. The van der Waals surface area contributed by atoms with E-state index < -0.39 is 0 Å². The first-order valence-corrected chi connectivity index (χ1v) is 12.3. The standard InChI is InChI=1S/C26H28N4O3S/c1-17-7-6-8-19(15-17)20-16-34-24-23(20)25(31)30(26(32)27-24)18(2)28-11-13-29(14-12-28)21-9-4-5-10-22(21)33-3/h4-10,15-16,18H,11-14H2,1-3H3,(H,27,32). The molecule has 176 valence electrons. The average molecular weight is 477 g/mol. The molecule has 0 radical (unpaired) electrons. The first kappa shape index (κ1) is 22.4. The summed E-state index contributed by atoms with van der Waals surface area (Å²) in [5.41, 5.74) is 3.44. The molecule has 8 heteroatoms. The number of aryl methyl sites for hydroxylation is 1. The number of rotatable bonds is 5. The minimum Gasteiger partial charge on any atom is -0.495 e. The molecule has 0 amide bonds. The Balaban J connectivity index is 1.45. The lowest BCUT2D eigenvalue weighted by molar-refractivity contribution is 0.138. The van der Waals surface area contributed by atoms with Crippen LogP contribution < -0.4 is 20.9 Å². The number of fused-ring (bicyclic) bond motifs is 1. The summed E-state index contributed by atoms with van der Waals surface area (Å²) in [4.78, 5) is 34.6. The number of hydrogen-bond acceptors (Lipinski definition) is 6. The number of ether oxygens (including phenoxy) is 1. The fourth-order valence-corrected chi connectivity index (χ4v) is 5.74. The van der Waals surface area contributed by atoms with Crippen molar-refractivity contribution in [1.82, 2.24) is 14.5 Å². The van der Waals surface area contributed by atoms with E-state index in [4.69, 9.17) is 4.74 Å². The third kappa shape index (κ3) is 3.93. The normalized spacial score (nSPS) is 15.6. The van der Waals surface area contributed by atoms with Crippen LogP contribution in [0.4, 0.5) is 5.69 Å². The minimum absolute atomic E-state index is 0.240. The van der Waals surface area contributed by atoms with Crippen molar-refractivity contribution in [2.24, 2.45) is 0 Å². The van der Waals surface area contributed by atoms with Gasteiger partial charge in [0.05, 0.1) is 24.3 Å². The SMILES string of the molecule is COc1ccccc1N1CCN(C(C)n2c(=O)[nH]c3scc(-c4cccc(C)c4)c3c2=O)CC1. The van der Waals surface area contributed by atoms with Crippen molar-refractivity contribution in [3.63, 3.8) is 0 Å². The van der Waals surface area contributed by atoms with Gasteiger partial charge in [-0.3, -0.25) is 14.7 Å². The molecule has 0 aliphatic carbocycles. The van der Waals surface area contributed by atoms with Crippen molar-refractivity contribution in [1.29, 1.82) is 0 Å². The first-order chi connectivity index (χ1) is 16.5. The van der Waals surface area contributed by atoms with Crippen molar-refractivity contribution in [2.75, 3.05) is 38.2 Å². The zero-order valence-electron chi connectivity index (χ0n) is 19.6. The topological polar surface area (TPSA) is 70.6 Å². The summed E-state index contributed by atoms with van der Waals surface area (Å²) in [6, 6.07) is 16.1. The molecule has 7 nitrogen and oxygen atoms in total. The molecule has 4 aromatic rings. The highest BCUT2D eigenvalue weighted by Gasteiger charge is 2.26. The Morgan fingerprint density at radius 3 is 2.53 bits per heavy atom. The monoisotopic (exact) mass is 476 g/mol. The van der Waals surface area contributed by atoms with Crippen molar-refractivity contribution in [3.8, 4) is 16.9 Å². The molecule has 0 spiro atoms. The number of hydrogen-bond donors (Lipinski definition) is 1. The first-order valence-electron chi connectivity index (χ1n) is 11.4. The van der Waals surface area contributed by atoms with Crippen LogP contribution in [0.2, 0.25) is 0 Å². The van der Waals surface area contributed by atoms with Gasteiger partial charge in [-0.25, -0.2) is 9.36 Å². The third-order valence-corrected chi connectivity index (χ3v) is 7.53. The number of para-hydroxylation sites is 2. The van der Waals surface area contributed by atoms with Crippen molar-refractivity contribution >= 4 is 27.2 Å². The maximum absolute atomic E-state index is 13.6. The second-order valence-corrected chi connectivity index (χ2v) is 9.53. The predicted molar refractivity (Wildman–Crippen MR) is 138 cm³/mol. The number of benzene rings is 2. The highest BCUT2D eigenvalue weighted by Crippen LogP contribution is 2.32. The van der Waals surface area contributed by atoms with Crippen molar-refractivity contribution in [2.45, 2.75) is 20.0 Å². The van der Waals surface area contributed by atoms with Gasteiger partial charge >= 0.3 is 5.69 Å². The largest absolute Gasteiger partial charge is 0.495 e. The van der Waals surface area contributed by atoms with Crippen LogP contribution in [0, 0.1) is 6.92 Å². The van der Waals surface area contributed by atoms with E-state index in [0.717, 1.165) is 54.3 Å². The quantitative estimate of drug-likeness (QED) is 0.470. The molecule has 0 bridgehead atoms. The van der Waals surface area contributed by atoms with E-state index in [0.29, 0.717) is 10.2 Å². The Bertz CT molecular complexity index is 1450. The number of H-pyrrole nitrogens is 1. The number of anilines is 1. The molecule has 34 heavy (non-hydrogen) atoms. The van der Waals surface area contributed by atoms with Gasteiger partial charge in [-0.15, -0.1) is 11.3 Å². The molecule has 1 aliphatic heterocycles. The molecule has 1 fully saturated rings. The van der Waals surface area contributed by atoms with Gasteiger partial charge in [0.2, 0.25) is 0 Å². The number of piperazine rings is 1. The Hall–Kier alpha value is -3.36. The molecule has 0 saturated carbocycles. The number of aromatic amines is 1. The average Bonchev–Trinajstić information content (AvgIpc) is 3.28. The lowest BCUT2D eigenvalue weighted by Crippen LogP contribution is -2.52. The van der Waals surface area contributed by atoms with Gasteiger partial charge in [0.1, 0.15) is 10.6 Å². The van der Waals surface area contributed by atoms with Gasteiger partial charge in [0.25, 0.3) is 5.56 Å². The second-order valence-electron chi connectivity index (χ2n) is 8.66. The zero-order chi connectivity index (χ0) is 23.8. The molecule has 3 heterocycles. The Morgan fingerprint density at radius 2 is 1.79 bits per heavy atom. The van der Waals surface area contributed by atoms with Gasteiger partial charge in [-0.2, -0.15) is 0 Å². The summed E-state index contributed by atoms with van der Waals surface area (Å²) >= 11 is 1.40. The summed E-state index contributed by atoms with van der Waals surface area (Å²) in [6.07, 6.45) is -0.356. The lowest BCUT2D eigenvalue weighted by atomic mass is 10.0. The molecular formula is C26H28N4O3S. The van der Waals surface area contributed by atoms with Gasteiger partial charge in [-0.05, 0) is 31.5 Å². The lowest BCUT2D eigenvalue weighted by Gasteiger charge is -2.39. The zero-order valence-corrected chi connectivity index (χ0v) is 20.4. The third-order valence-electron chi connectivity index (χ3n) is 6.63. The van der Waals surface area contributed by atoms with E-state index >= 15 is 0 Å². The summed E-state index contributed by atoms with van der Waals surface area (Å²) in [7, 11) is 1.68. The fourth-order valence-electron chi connectivity index (χ4n) is 4.79. The number of nitrogens with zero attached hydrogens (tertiary/aromatic N) is 3. The van der Waals surface area contributed by atoms with Crippen LogP contribution in [0.3, 0.4) is 0 Å². The Morgan fingerprint density at radius 1 is 1.03 bits per heavy atom. The molecular weight excluding hydrogens is 448 g/mol. The predicted octanol–water partition coefficient (Wildman–Crippen LogP) is 4.08.